The van der Waals surface area contributed by atoms with Gasteiger partial charge in [0.1, 0.15) is 0 Å². The summed E-state index contributed by atoms with van der Waals surface area (Å²) < 4.78 is 0. The zero-order valence-corrected chi connectivity index (χ0v) is 8.25. The first-order chi connectivity index (χ1) is 6.56. The zero-order chi connectivity index (χ0) is 10.3. The van der Waals surface area contributed by atoms with Gasteiger partial charge >= 0.3 is 5.97 Å². The normalized spacial score (nSPS) is 39.8. The van der Waals surface area contributed by atoms with Crippen LogP contribution in [0.5, 0.6) is 0 Å². The monoisotopic (exact) mass is 197 g/mol. The van der Waals surface area contributed by atoms with E-state index < -0.39 is 11.4 Å². The summed E-state index contributed by atoms with van der Waals surface area (Å²) in [5.74, 6) is -0.561. The summed E-state index contributed by atoms with van der Waals surface area (Å²) in [4.78, 5) is 22.0. The summed E-state index contributed by atoms with van der Waals surface area (Å²) in [6.07, 6.45) is 3.26. The maximum atomic E-state index is 11.1. The number of hydrogen-bond acceptors (Lipinski definition) is 2. The molecule has 78 valence electrons. The van der Waals surface area contributed by atoms with Crippen LogP contribution in [0.2, 0.25) is 0 Å². The van der Waals surface area contributed by atoms with Gasteiger partial charge in [0.2, 0.25) is 5.91 Å². The van der Waals surface area contributed by atoms with E-state index in [4.69, 9.17) is 5.11 Å². The maximum absolute atomic E-state index is 11.1. The highest BCUT2D eigenvalue weighted by atomic mass is 16.4. The van der Waals surface area contributed by atoms with Crippen LogP contribution < -0.4 is 5.32 Å². The smallest absolute Gasteiger partial charge is 0.309 e. The second-order valence-corrected chi connectivity index (χ2v) is 4.45. The fraction of sp³-hybridized carbons (Fsp3) is 0.800. The Morgan fingerprint density at radius 1 is 1.36 bits per heavy atom. The first-order valence-corrected chi connectivity index (χ1v) is 5.07. The maximum Gasteiger partial charge on any atom is 0.309 e. The lowest BCUT2D eigenvalue weighted by Crippen LogP contribution is -2.50. The van der Waals surface area contributed by atoms with Gasteiger partial charge in [0.25, 0.3) is 0 Å². The predicted octanol–water partition coefficient (Wildman–Crippen LogP) is 0.766. The van der Waals surface area contributed by atoms with Crippen molar-refractivity contribution in [3.05, 3.63) is 0 Å². The summed E-state index contributed by atoms with van der Waals surface area (Å²) in [5, 5.41) is 12.0. The molecule has 2 aliphatic rings. The molecule has 4 heteroatoms. The molecule has 0 unspecified atom stereocenters. The molecule has 0 saturated heterocycles. The standard InChI is InChI=1S/C10H15NO3/c1-6(12)11-8-3-5-10(9(13)14)4-2-7(8)10/h7-8H,2-5H2,1H3,(H,11,12)(H,13,14)/t7-,8+,10-/m0/s1. The predicted molar refractivity (Wildman–Crippen MR) is 49.6 cm³/mol. The van der Waals surface area contributed by atoms with E-state index in [9.17, 15) is 9.59 Å². The van der Waals surface area contributed by atoms with Crippen LogP contribution in [0.25, 0.3) is 0 Å². The second-order valence-electron chi connectivity index (χ2n) is 4.45. The van der Waals surface area contributed by atoms with E-state index in [1.165, 1.54) is 6.92 Å². The molecule has 3 atom stereocenters. The van der Waals surface area contributed by atoms with Gasteiger partial charge in [-0.3, -0.25) is 9.59 Å². The molecule has 0 aliphatic heterocycles. The second kappa shape index (κ2) is 2.97. The summed E-state index contributed by atoms with van der Waals surface area (Å²) >= 11 is 0. The summed E-state index contributed by atoms with van der Waals surface area (Å²) in [7, 11) is 0. The molecule has 0 aromatic heterocycles. The molecular weight excluding hydrogens is 182 g/mol. The molecule has 0 radical (unpaired) electrons. The molecule has 2 saturated carbocycles. The van der Waals surface area contributed by atoms with Crippen molar-refractivity contribution in [1.82, 2.24) is 5.32 Å². The highest BCUT2D eigenvalue weighted by molar-refractivity contribution is 5.78. The molecule has 0 aromatic rings. The van der Waals surface area contributed by atoms with Crippen molar-refractivity contribution in [3.63, 3.8) is 0 Å². The van der Waals surface area contributed by atoms with E-state index in [-0.39, 0.29) is 17.9 Å². The van der Waals surface area contributed by atoms with Crippen LogP contribution in [-0.4, -0.2) is 23.0 Å². The highest BCUT2D eigenvalue weighted by Gasteiger charge is 2.59. The van der Waals surface area contributed by atoms with Gasteiger partial charge in [0, 0.05) is 13.0 Å². The molecule has 2 fully saturated rings. The number of hydrogen-bond donors (Lipinski definition) is 2. The van der Waals surface area contributed by atoms with Crippen LogP contribution in [-0.2, 0) is 9.59 Å². The minimum atomic E-state index is -0.679. The van der Waals surface area contributed by atoms with Crippen LogP contribution in [0, 0.1) is 11.3 Å². The van der Waals surface area contributed by atoms with Crippen molar-refractivity contribution in [2.45, 2.75) is 38.6 Å². The van der Waals surface area contributed by atoms with Gasteiger partial charge in [-0.25, -0.2) is 0 Å². The Kier molecular flexibility index (Phi) is 2.01. The molecule has 4 nitrogen and oxygen atoms in total. The molecular formula is C10H15NO3. The van der Waals surface area contributed by atoms with Crippen molar-refractivity contribution in [3.8, 4) is 0 Å². The number of carbonyl (C=O) groups excluding carboxylic acids is 1. The Balaban J connectivity index is 2.08. The third kappa shape index (κ3) is 1.13. The lowest BCUT2D eigenvalue weighted by Gasteiger charge is -2.43. The van der Waals surface area contributed by atoms with E-state index in [1.54, 1.807) is 0 Å². The van der Waals surface area contributed by atoms with E-state index in [1.807, 2.05) is 0 Å². The Morgan fingerprint density at radius 2 is 2.00 bits per heavy atom. The fourth-order valence-electron chi connectivity index (χ4n) is 2.98. The number of amides is 1. The quantitative estimate of drug-likeness (QED) is 0.687. The van der Waals surface area contributed by atoms with E-state index in [0.29, 0.717) is 0 Å². The van der Waals surface area contributed by atoms with E-state index in [2.05, 4.69) is 5.32 Å². The Labute approximate surface area is 82.7 Å². The Morgan fingerprint density at radius 3 is 2.36 bits per heavy atom. The number of nitrogens with one attached hydrogen (secondary N) is 1. The topological polar surface area (TPSA) is 66.4 Å². The first kappa shape index (κ1) is 9.49. The average Bonchev–Trinajstić information content (AvgIpc) is 2.22. The van der Waals surface area contributed by atoms with Crippen LogP contribution in [0.15, 0.2) is 0 Å². The lowest BCUT2D eigenvalue weighted by atomic mass is 9.61. The van der Waals surface area contributed by atoms with Crippen LogP contribution in [0.1, 0.15) is 32.6 Å². The van der Waals surface area contributed by atoms with Gasteiger partial charge in [0.05, 0.1) is 5.41 Å². The third-order valence-corrected chi connectivity index (χ3v) is 3.81. The van der Waals surface area contributed by atoms with Gasteiger partial charge in [-0.2, -0.15) is 0 Å². The molecule has 14 heavy (non-hydrogen) atoms. The van der Waals surface area contributed by atoms with Crippen molar-refractivity contribution < 1.29 is 14.7 Å². The van der Waals surface area contributed by atoms with Crippen molar-refractivity contribution in [2.24, 2.45) is 11.3 Å². The Bertz CT molecular complexity index is 289. The zero-order valence-electron chi connectivity index (χ0n) is 8.25. The average molecular weight is 197 g/mol. The molecule has 0 spiro atoms. The molecule has 2 rings (SSSR count). The summed E-state index contributed by atoms with van der Waals surface area (Å²) in [5.41, 5.74) is -0.507. The van der Waals surface area contributed by atoms with Crippen LogP contribution in [0.4, 0.5) is 0 Å². The number of fused-ring (bicyclic) bond motifs is 1. The number of aliphatic carboxylic acids is 1. The summed E-state index contributed by atoms with van der Waals surface area (Å²) in [6.45, 7) is 1.49. The van der Waals surface area contributed by atoms with Gasteiger partial charge in [-0.15, -0.1) is 0 Å². The van der Waals surface area contributed by atoms with Crippen molar-refractivity contribution in [1.29, 1.82) is 0 Å². The molecule has 0 bridgehead atoms. The number of rotatable bonds is 2. The number of carboxylic acids is 1. The van der Waals surface area contributed by atoms with Crippen molar-refractivity contribution >= 4 is 11.9 Å². The molecule has 0 heterocycles. The van der Waals surface area contributed by atoms with Gasteiger partial charge in [0.15, 0.2) is 0 Å². The lowest BCUT2D eigenvalue weighted by molar-refractivity contribution is -0.159. The highest BCUT2D eigenvalue weighted by Crippen LogP contribution is 2.57. The summed E-state index contributed by atoms with van der Waals surface area (Å²) in [6, 6.07) is 0.0948. The van der Waals surface area contributed by atoms with Crippen LogP contribution in [0.3, 0.4) is 0 Å². The first-order valence-electron chi connectivity index (χ1n) is 5.07. The molecule has 0 aromatic carbocycles. The SMILES string of the molecule is CC(=O)N[C@@H]1CC[C@@]2(C(=O)O)CC[C@@H]12. The third-order valence-electron chi connectivity index (χ3n) is 3.81. The number of carbonyl (C=O) groups is 2. The van der Waals surface area contributed by atoms with E-state index in [0.717, 1.165) is 25.7 Å². The van der Waals surface area contributed by atoms with E-state index >= 15 is 0 Å². The molecule has 1 amide bonds. The van der Waals surface area contributed by atoms with Crippen LogP contribution >= 0.6 is 0 Å². The van der Waals surface area contributed by atoms with Gasteiger partial charge in [-0.1, -0.05) is 0 Å². The number of carboxylic acid groups (broad SMARTS) is 1. The van der Waals surface area contributed by atoms with Crippen molar-refractivity contribution in [2.75, 3.05) is 0 Å². The molecule has 2 N–H and O–H groups in total. The fourth-order valence-corrected chi connectivity index (χ4v) is 2.98. The Hall–Kier alpha value is -1.06. The van der Waals surface area contributed by atoms with Gasteiger partial charge < -0.3 is 10.4 Å². The molecule has 2 aliphatic carbocycles. The minimum Gasteiger partial charge on any atom is -0.481 e. The minimum absolute atomic E-state index is 0.0527. The van der Waals surface area contributed by atoms with Gasteiger partial charge in [-0.05, 0) is 31.6 Å². The largest absolute Gasteiger partial charge is 0.481 e.